The summed E-state index contributed by atoms with van der Waals surface area (Å²) in [6.45, 7) is 4.90. The monoisotopic (exact) mass is 283 g/mol. The molecule has 0 saturated carbocycles. The Morgan fingerprint density at radius 1 is 1.11 bits per heavy atom. The second kappa shape index (κ2) is 7.25. The van der Waals surface area contributed by atoms with Gasteiger partial charge in [-0.15, -0.1) is 0 Å². The Balaban J connectivity index is 2.70. The van der Waals surface area contributed by atoms with Crippen molar-refractivity contribution in [3.05, 3.63) is 34.9 Å². The minimum absolute atomic E-state index is 0.0240. The van der Waals surface area contributed by atoms with Crippen LogP contribution in [-0.4, -0.2) is 56.1 Å². The molecule has 4 heteroatoms. The molecule has 0 fully saturated rings. The van der Waals surface area contributed by atoms with E-state index in [0.717, 1.165) is 24.5 Å². The number of nitrogens with zero attached hydrogens (tertiary/aromatic N) is 2. The molecule has 1 unspecified atom stereocenters. The zero-order valence-corrected chi connectivity index (χ0v) is 13.2. The lowest BCUT2D eigenvalue weighted by Gasteiger charge is -2.39. The van der Waals surface area contributed by atoms with Gasteiger partial charge in [-0.2, -0.15) is 0 Å². The van der Waals surface area contributed by atoms with Crippen LogP contribution < -0.4 is 5.73 Å². The van der Waals surface area contributed by atoms with Crippen molar-refractivity contribution in [3.8, 4) is 0 Å². The first-order valence-electron chi connectivity index (χ1n) is 6.68. The van der Waals surface area contributed by atoms with E-state index in [9.17, 15) is 0 Å². The predicted molar refractivity (Wildman–Crippen MR) is 83.8 cm³/mol. The van der Waals surface area contributed by atoms with Crippen molar-refractivity contribution < 1.29 is 0 Å². The maximum absolute atomic E-state index is 6.01. The molecule has 0 aliphatic heterocycles. The number of hydrogen-bond acceptors (Lipinski definition) is 3. The van der Waals surface area contributed by atoms with E-state index in [1.54, 1.807) is 0 Å². The van der Waals surface area contributed by atoms with Crippen LogP contribution in [0.3, 0.4) is 0 Å². The van der Waals surface area contributed by atoms with Gasteiger partial charge in [0.25, 0.3) is 0 Å². The van der Waals surface area contributed by atoms with Crippen LogP contribution in [0.15, 0.2) is 24.3 Å². The van der Waals surface area contributed by atoms with Crippen LogP contribution in [-0.2, 0) is 6.42 Å². The van der Waals surface area contributed by atoms with Crippen molar-refractivity contribution in [2.24, 2.45) is 5.73 Å². The lowest BCUT2D eigenvalue weighted by molar-refractivity contribution is 0.133. The predicted octanol–water partition coefficient (Wildman–Crippen LogP) is 2.09. The Bertz CT molecular complexity index is 377. The molecule has 3 nitrogen and oxygen atoms in total. The van der Waals surface area contributed by atoms with Gasteiger partial charge in [0.1, 0.15) is 0 Å². The molecule has 0 aliphatic rings. The van der Waals surface area contributed by atoms with Gasteiger partial charge in [0.2, 0.25) is 0 Å². The molecule has 0 heterocycles. The summed E-state index contributed by atoms with van der Waals surface area (Å²) < 4.78 is 0. The van der Waals surface area contributed by atoms with Crippen molar-refractivity contribution in [1.82, 2.24) is 9.80 Å². The number of halogens is 1. The van der Waals surface area contributed by atoms with E-state index in [4.69, 9.17) is 17.3 Å². The van der Waals surface area contributed by atoms with Crippen LogP contribution in [0, 0.1) is 0 Å². The topological polar surface area (TPSA) is 32.5 Å². The standard InChI is InChI=1S/C15H26ClN3/c1-15(12-17,19(4)10-9-18(2)3)11-13-5-7-14(16)8-6-13/h5-8H,9-12,17H2,1-4H3. The summed E-state index contributed by atoms with van der Waals surface area (Å²) >= 11 is 5.92. The Hall–Kier alpha value is -0.610. The van der Waals surface area contributed by atoms with E-state index in [1.165, 1.54) is 5.56 Å². The van der Waals surface area contributed by atoms with Gasteiger partial charge in [0.15, 0.2) is 0 Å². The van der Waals surface area contributed by atoms with Gasteiger partial charge in [0, 0.05) is 30.2 Å². The third kappa shape index (κ3) is 5.11. The number of nitrogens with two attached hydrogens (primary N) is 1. The van der Waals surface area contributed by atoms with Gasteiger partial charge in [-0.1, -0.05) is 23.7 Å². The molecule has 1 atom stereocenters. The van der Waals surface area contributed by atoms with Crippen LogP contribution in [0.2, 0.25) is 5.02 Å². The summed E-state index contributed by atoms with van der Waals surface area (Å²) in [6, 6.07) is 8.04. The third-order valence-corrected chi connectivity index (χ3v) is 3.99. The van der Waals surface area contributed by atoms with E-state index in [-0.39, 0.29) is 5.54 Å². The number of benzene rings is 1. The van der Waals surface area contributed by atoms with Crippen LogP contribution in [0.1, 0.15) is 12.5 Å². The molecule has 0 radical (unpaired) electrons. The van der Waals surface area contributed by atoms with Gasteiger partial charge in [0.05, 0.1) is 0 Å². The molecule has 108 valence electrons. The van der Waals surface area contributed by atoms with E-state index in [0.29, 0.717) is 6.54 Å². The fraction of sp³-hybridized carbons (Fsp3) is 0.600. The average molecular weight is 284 g/mol. The van der Waals surface area contributed by atoms with E-state index in [2.05, 4.69) is 50.0 Å². The molecule has 2 N–H and O–H groups in total. The Morgan fingerprint density at radius 3 is 2.16 bits per heavy atom. The molecule has 1 rings (SSSR count). The summed E-state index contributed by atoms with van der Waals surface area (Å²) in [5, 5.41) is 0.777. The Kier molecular flexibility index (Phi) is 6.27. The van der Waals surface area contributed by atoms with Crippen molar-refractivity contribution in [1.29, 1.82) is 0 Å². The zero-order chi connectivity index (χ0) is 14.5. The van der Waals surface area contributed by atoms with Crippen LogP contribution in [0.5, 0.6) is 0 Å². The smallest absolute Gasteiger partial charge is 0.0406 e. The third-order valence-electron chi connectivity index (χ3n) is 3.74. The Labute approximate surface area is 122 Å². The van der Waals surface area contributed by atoms with Gasteiger partial charge in [-0.25, -0.2) is 0 Å². The molecule has 1 aromatic carbocycles. The highest BCUT2D eigenvalue weighted by molar-refractivity contribution is 6.30. The maximum atomic E-state index is 6.01. The first kappa shape index (κ1) is 16.4. The highest BCUT2D eigenvalue weighted by Gasteiger charge is 2.27. The number of likely N-dealkylation sites (N-methyl/N-ethyl adjacent to an activating group) is 2. The largest absolute Gasteiger partial charge is 0.329 e. The number of hydrogen-bond donors (Lipinski definition) is 1. The first-order chi connectivity index (χ1) is 8.87. The molecule has 19 heavy (non-hydrogen) atoms. The average Bonchev–Trinajstić information content (AvgIpc) is 2.38. The van der Waals surface area contributed by atoms with Gasteiger partial charge in [-0.3, -0.25) is 4.90 Å². The van der Waals surface area contributed by atoms with E-state index < -0.39 is 0 Å². The molecule has 0 aliphatic carbocycles. The van der Waals surface area contributed by atoms with Crippen molar-refractivity contribution in [3.63, 3.8) is 0 Å². The highest BCUT2D eigenvalue weighted by atomic mass is 35.5. The lowest BCUT2D eigenvalue weighted by Crippen LogP contribution is -2.52. The molecule has 1 aromatic rings. The summed E-state index contributed by atoms with van der Waals surface area (Å²) in [7, 11) is 6.33. The summed E-state index contributed by atoms with van der Waals surface area (Å²) in [5.74, 6) is 0. The molecule has 0 saturated heterocycles. The first-order valence-corrected chi connectivity index (χ1v) is 7.05. The van der Waals surface area contributed by atoms with E-state index in [1.807, 2.05) is 12.1 Å². The van der Waals surface area contributed by atoms with E-state index >= 15 is 0 Å². The maximum Gasteiger partial charge on any atom is 0.0406 e. The molecule has 0 bridgehead atoms. The fourth-order valence-corrected chi connectivity index (χ4v) is 2.15. The number of rotatable bonds is 7. The molecule has 0 spiro atoms. The van der Waals surface area contributed by atoms with Crippen LogP contribution in [0.25, 0.3) is 0 Å². The Morgan fingerprint density at radius 2 is 1.68 bits per heavy atom. The summed E-state index contributed by atoms with van der Waals surface area (Å²) in [6.07, 6.45) is 0.935. The molecule has 0 aromatic heterocycles. The lowest BCUT2D eigenvalue weighted by atomic mass is 9.91. The highest BCUT2D eigenvalue weighted by Crippen LogP contribution is 2.20. The van der Waals surface area contributed by atoms with Crippen molar-refractivity contribution >= 4 is 11.6 Å². The summed E-state index contributed by atoms with van der Waals surface area (Å²) in [4.78, 5) is 4.54. The van der Waals surface area contributed by atoms with Gasteiger partial charge in [-0.05, 0) is 52.2 Å². The fourth-order valence-electron chi connectivity index (χ4n) is 2.02. The molecular formula is C15H26ClN3. The SMILES string of the molecule is CN(C)CCN(C)C(C)(CN)Cc1ccc(Cl)cc1. The van der Waals surface area contributed by atoms with Crippen molar-refractivity contribution in [2.45, 2.75) is 18.9 Å². The normalized spacial score (nSPS) is 14.9. The minimum Gasteiger partial charge on any atom is -0.329 e. The minimum atomic E-state index is -0.0240. The second-order valence-electron chi connectivity index (χ2n) is 5.73. The van der Waals surface area contributed by atoms with Crippen molar-refractivity contribution in [2.75, 3.05) is 40.8 Å². The molecular weight excluding hydrogens is 258 g/mol. The second-order valence-corrected chi connectivity index (χ2v) is 6.17. The zero-order valence-electron chi connectivity index (χ0n) is 12.5. The van der Waals surface area contributed by atoms with Gasteiger partial charge < -0.3 is 10.6 Å². The summed E-state index contributed by atoms with van der Waals surface area (Å²) in [5.41, 5.74) is 7.26. The molecule has 0 amide bonds. The van der Waals surface area contributed by atoms with Crippen LogP contribution >= 0.6 is 11.6 Å². The van der Waals surface area contributed by atoms with Crippen LogP contribution in [0.4, 0.5) is 0 Å². The van der Waals surface area contributed by atoms with Gasteiger partial charge >= 0.3 is 0 Å². The quantitative estimate of drug-likeness (QED) is 0.832.